The van der Waals surface area contributed by atoms with Crippen molar-refractivity contribution in [1.82, 2.24) is 20.2 Å². The fourth-order valence-corrected chi connectivity index (χ4v) is 5.24. The molecule has 0 atom stereocenters. The first-order chi connectivity index (χ1) is 15.4. The molecule has 2 fully saturated rings. The van der Waals surface area contributed by atoms with Crippen molar-refractivity contribution >= 4 is 11.8 Å². The lowest BCUT2D eigenvalue weighted by atomic mass is 9.79. The van der Waals surface area contributed by atoms with Gasteiger partial charge in [-0.05, 0) is 58.3 Å². The second-order valence-corrected chi connectivity index (χ2v) is 9.96. The van der Waals surface area contributed by atoms with Gasteiger partial charge in [0, 0.05) is 43.6 Å². The van der Waals surface area contributed by atoms with Gasteiger partial charge in [-0.2, -0.15) is 0 Å². The SMILES string of the molecule is CCN(CC)C(=O)c1cnc(C(C)C)nc1C1CCC(CNC(=O)C2CCCCC2)CC1. The minimum Gasteiger partial charge on any atom is -0.356 e. The molecule has 32 heavy (non-hydrogen) atoms. The highest BCUT2D eigenvalue weighted by molar-refractivity contribution is 5.95. The smallest absolute Gasteiger partial charge is 0.257 e. The second kappa shape index (κ2) is 11.8. The van der Waals surface area contributed by atoms with Gasteiger partial charge in [0.15, 0.2) is 0 Å². The number of hydrogen-bond acceptors (Lipinski definition) is 4. The molecular weight excluding hydrogens is 400 g/mol. The number of nitrogens with one attached hydrogen (secondary N) is 1. The minimum absolute atomic E-state index is 0.0437. The molecule has 0 radical (unpaired) electrons. The van der Waals surface area contributed by atoms with Gasteiger partial charge in [-0.15, -0.1) is 0 Å². The van der Waals surface area contributed by atoms with Gasteiger partial charge in [-0.25, -0.2) is 9.97 Å². The fraction of sp³-hybridized carbons (Fsp3) is 0.769. The Kier molecular flexibility index (Phi) is 9.06. The third kappa shape index (κ3) is 6.08. The number of hydrogen-bond donors (Lipinski definition) is 1. The Labute approximate surface area is 194 Å². The zero-order chi connectivity index (χ0) is 23.1. The molecule has 2 amide bonds. The van der Waals surface area contributed by atoms with Crippen molar-refractivity contribution in [3.05, 3.63) is 23.3 Å². The summed E-state index contributed by atoms with van der Waals surface area (Å²) >= 11 is 0. The predicted octanol–water partition coefficient (Wildman–Crippen LogP) is 5.05. The van der Waals surface area contributed by atoms with E-state index in [1.807, 2.05) is 18.7 Å². The van der Waals surface area contributed by atoms with Crippen LogP contribution in [0.3, 0.4) is 0 Å². The number of amides is 2. The summed E-state index contributed by atoms with van der Waals surface area (Å²) in [6.45, 7) is 10.4. The summed E-state index contributed by atoms with van der Waals surface area (Å²) in [4.78, 5) is 36.9. The first-order valence-corrected chi connectivity index (χ1v) is 12.9. The molecule has 3 rings (SSSR count). The van der Waals surface area contributed by atoms with E-state index in [1.54, 1.807) is 6.20 Å². The van der Waals surface area contributed by atoms with E-state index in [2.05, 4.69) is 24.1 Å². The molecule has 2 aliphatic carbocycles. The number of carbonyl (C=O) groups is 2. The average Bonchev–Trinajstić information content (AvgIpc) is 2.83. The van der Waals surface area contributed by atoms with E-state index in [4.69, 9.17) is 4.98 Å². The molecule has 1 heterocycles. The molecule has 0 aliphatic heterocycles. The molecule has 2 saturated carbocycles. The minimum atomic E-state index is 0.0437. The van der Waals surface area contributed by atoms with Crippen LogP contribution < -0.4 is 5.32 Å². The van der Waals surface area contributed by atoms with Crippen LogP contribution in [0.2, 0.25) is 0 Å². The normalized spacial score (nSPS) is 22.0. The quantitative estimate of drug-likeness (QED) is 0.611. The predicted molar refractivity (Wildman–Crippen MR) is 128 cm³/mol. The van der Waals surface area contributed by atoms with Gasteiger partial charge in [0.05, 0.1) is 11.3 Å². The lowest BCUT2D eigenvalue weighted by molar-refractivity contribution is -0.126. The summed E-state index contributed by atoms with van der Waals surface area (Å²) in [5.41, 5.74) is 1.61. The summed E-state index contributed by atoms with van der Waals surface area (Å²) in [5, 5.41) is 3.24. The molecule has 1 aromatic heterocycles. The van der Waals surface area contributed by atoms with Crippen LogP contribution in [0.15, 0.2) is 6.20 Å². The number of nitrogens with zero attached hydrogens (tertiary/aromatic N) is 3. The van der Waals surface area contributed by atoms with Gasteiger partial charge in [-0.1, -0.05) is 33.1 Å². The maximum absolute atomic E-state index is 13.1. The molecule has 1 aromatic rings. The average molecular weight is 443 g/mol. The molecule has 0 unspecified atom stereocenters. The van der Waals surface area contributed by atoms with Gasteiger partial charge in [0.2, 0.25) is 5.91 Å². The molecule has 2 aliphatic rings. The zero-order valence-corrected chi connectivity index (χ0v) is 20.5. The molecule has 6 heteroatoms. The standard InChI is InChI=1S/C26H42N4O2/c1-5-30(6-2)26(32)22-17-27-24(18(3)4)29-23(22)20-14-12-19(13-15-20)16-28-25(31)21-10-8-7-9-11-21/h17-21H,5-16H2,1-4H3,(H,28,31). The molecule has 6 nitrogen and oxygen atoms in total. The van der Waals surface area contributed by atoms with E-state index >= 15 is 0 Å². The Morgan fingerprint density at radius 2 is 1.69 bits per heavy atom. The van der Waals surface area contributed by atoms with Crippen LogP contribution in [0.1, 0.15) is 119 Å². The van der Waals surface area contributed by atoms with Crippen LogP contribution in [0.4, 0.5) is 0 Å². The molecule has 178 valence electrons. The van der Waals surface area contributed by atoms with Gasteiger partial charge in [0.1, 0.15) is 5.82 Å². The van der Waals surface area contributed by atoms with E-state index in [1.165, 1.54) is 19.3 Å². The van der Waals surface area contributed by atoms with E-state index in [0.717, 1.165) is 56.6 Å². The Morgan fingerprint density at radius 1 is 1.03 bits per heavy atom. The summed E-state index contributed by atoms with van der Waals surface area (Å²) in [5.74, 6) is 2.39. The van der Waals surface area contributed by atoms with E-state index < -0.39 is 0 Å². The van der Waals surface area contributed by atoms with Crippen molar-refractivity contribution in [3.8, 4) is 0 Å². The molecule has 0 bridgehead atoms. The third-order valence-electron chi connectivity index (χ3n) is 7.41. The summed E-state index contributed by atoms with van der Waals surface area (Å²) in [6.07, 6.45) is 11.7. The van der Waals surface area contributed by atoms with Crippen molar-refractivity contribution in [1.29, 1.82) is 0 Å². The Morgan fingerprint density at radius 3 is 2.28 bits per heavy atom. The monoisotopic (exact) mass is 442 g/mol. The lowest BCUT2D eigenvalue weighted by Crippen LogP contribution is -2.36. The Bertz CT molecular complexity index is 761. The van der Waals surface area contributed by atoms with Crippen molar-refractivity contribution in [3.63, 3.8) is 0 Å². The maximum Gasteiger partial charge on any atom is 0.257 e. The first-order valence-electron chi connectivity index (χ1n) is 12.9. The van der Waals surface area contributed by atoms with Crippen LogP contribution in [-0.4, -0.2) is 46.3 Å². The van der Waals surface area contributed by atoms with Crippen molar-refractivity contribution in [2.24, 2.45) is 11.8 Å². The van der Waals surface area contributed by atoms with Crippen LogP contribution in [0, 0.1) is 11.8 Å². The highest BCUT2D eigenvalue weighted by atomic mass is 16.2. The third-order valence-corrected chi connectivity index (χ3v) is 7.41. The van der Waals surface area contributed by atoms with Crippen molar-refractivity contribution < 1.29 is 9.59 Å². The summed E-state index contributed by atoms with van der Waals surface area (Å²) in [6, 6.07) is 0. The second-order valence-electron chi connectivity index (χ2n) is 9.96. The van der Waals surface area contributed by atoms with Crippen LogP contribution in [0.5, 0.6) is 0 Å². The van der Waals surface area contributed by atoms with Gasteiger partial charge < -0.3 is 10.2 Å². The van der Waals surface area contributed by atoms with Gasteiger partial charge in [0.25, 0.3) is 5.91 Å². The number of rotatable bonds is 8. The first kappa shape index (κ1) is 24.7. The molecule has 0 saturated heterocycles. The number of carbonyl (C=O) groups excluding carboxylic acids is 2. The van der Waals surface area contributed by atoms with Gasteiger partial charge in [-0.3, -0.25) is 9.59 Å². The highest BCUT2D eigenvalue weighted by Crippen LogP contribution is 2.37. The van der Waals surface area contributed by atoms with E-state index in [-0.39, 0.29) is 29.6 Å². The van der Waals surface area contributed by atoms with Crippen LogP contribution >= 0.6 is 0 Å². The fourth-order valence-electron chi connectivity index (χ4n) is 5.24. The van der Waals surface area contributed by atoms with Crippen LogP contribution in [-0.2, 0) is 4.79 Å². The Balaban J connectivity index is 1.63. The molecule has 0 spiro atoms. The van der Waals surface area contributed by atoms with E-state index in [0.29, 0.717) is 24.6 Å². The van der Waals surface area contributed by atoms with Crippen molar-refractivity contribution in [2.75, 3.05) is 19.6 Å². The Hall–Kier alpha value is -1.98. The van der Waals surface area contributed by atoms with Crippen molar-refractivity contribution in [2.45, 2.75) is 97.3 Å². The molecular formula is C26H42N4O2. The summed E-state index contributed by atoms with van der Waals surface area (Å²) < 4.78 is 0. The lowest BCUT2D eigenvalue weighted by Gasteiger charge is -2.31. The highest BCUT2D eigenvalue weighted by Gasteiger charge is 2.30. The molecule has 1 N–H and O–H groups in total. The molecule has 0 aromatic carbocycles. The maximum atomic E-state index is 13.1. The largest absolute Gasteiger partial charge is 0.356 e. The number of aromatic nitrogens is 2. The summed E-state index contributed by atoms with van der Waals surface area (Å²) in [7, 11) is 0. The topological polar surface area (TPSA) is 75.2 Å². The van der Waals surface area contributed by atoms with Crippen LogP contribution in [0.25, 0.3) is 0 Å². The van der Waals surface area contributed by atoms with Gasteiger partial charge >= 0.3 is 0 Å². The zero-order valence-electron chi connectivity index (χ0n) is 20.5. The van der Waals surface area contributed by atoms with E-state index in [9.17, 15) is 9.59 Å².